The number of rotatable bonds is 4. The van der Waals surface area contributed by atoms with Crippen LogP contribution in [0.2, 0.25) is 0 Å². The Kier molecular flexibility index (Phi) is 4.67. The van der Waals surface area contributed by atoms with Gasteiger partial charge >= 0.3 is 0 Å². The van der Waals surface area contributed by atoms with Gasteiger partial charge in [-0.05, 0) is 36.8 Å². The molecule has 4 rings (SSSR count). The third kappa shape index (κ3) is 3.46. The lowest BCUT2D eigenvalue weighted by atomic mass is 10.1. The van der Waals surface area contributed by atoms with Crippen LogP contribution in [0, 0.1) is 0 Å². The fourth-order valence-corrected chi connectivity index (χ4v) is 3.37. The number of fused-ring (bicyclic) bond motifs is 1. The lowest BCUT2D eigenvalue weighted by molar-refractivity contribution is 0.876. The lowest BCUT2D eigenvalue weighted by Crippen LogP contribution is -2.09. The molecule has 1 N–H and O–H groups in total. The normalized spacial score (nSPS) is 12.1. The largest absolute Gasteiger partial charge is 0.363 e. The first-order chi connectivity index (χ1) is 12.7. The smallest absolute Gasteiger partial charge is 0.162 e. The van der Waals surface area contributed by atoms with E-state index in [-0.39, 0.29) is 6.04 Å². The molecule has 0 aliphatic heterocycles. The maximum Gasteiger partial charge on any atom is 0.162 e. The van der Waals surface area contributed by atoms with Gasteiger partial charge in [0.05, 0.1) is 5.52 Å². The molecule has 1 atom stereocenters. The van der Waals surface area contributed by atoms with Gasteiger partial charge in [-0.3, -0.25) is 0 Å². The van der Waals surface area contributed by atoms with Crippen molar-refractivity contribution in [1.82, 2.24) is 9.97 Å². The zero-order valence-corrected chi connectivity index (χ0v) is 15.9. The summed E-state index contributed by atoms with van der Waals surface area (Å²) in [4.78, 5) is 9.59. The van der Waals surface area contributed by atoms with Crippen LogP contribution in [0.4, 0.5) is 5.82 Å². The Bertz CT molecular complexity index is 1050. The number of para-hydroxylation sites is 1. The van der Waals surface area contributed by atoms with Crippen molar-refractivity contribution >= 4 is 32.7 Å². The van der Waals surface area contributed by atoms with Crippen molar-refractivity contribution < 1.29 is 0 Å². The van der Waals surface area contributed by atoms with Crippen LogP contribution in [0.25, 0.3) is 22.3 Å². The van der Waals surface area contributed by atoms with Crippen molar-refractivity contribution in [3.8, 4) is 11.4 Å². The van der Waals surface area contributed by atoms with Crippen molar-refractivity contribution in [1.29, 1.82) is 0 Å². The van der Waals surface area contributed by atoms with Gasteiger partial charge in [0.15, 0.2) is 5.82 Å². The van der Waals surface area contributed by atoms with E-state index in [1.54, 1.807) is 0 Å². The molecule has 1 aromatic heterocycles. The minimum atomic E-state index is 0.143. The molecule has 0 bridgehead atoms. The highest BCUT2D eigenvalue weighted by Crippen LogP contribution is 2.28. The number of benzene rings is 3. The van der Waals surface area contributed by atoms with E-state index in [0.717, 1.165) is 26.8 Å². The highest BCUT2D eigenvalue weighted by atomic mass is 79.9. The summed E-state index contributed by atoms with van der Waals surface area (Å²) in [6, 6.07) is 26.7. The molecule has 0 saturated carbocycles. The highest BCUT2D eigenvalue weighted by molar-refractivity contribution is 9.10. The molecule has 1 heterocycles. The van der Waals surface area contributed by atoms with Gasteiger partial charge in [0, 0.05) is 21.5 Å². The predicted octanol–water partition coefficient (Wildman–Crippen LogP) is 6.23. The zero-order valence-electron chi connectivity index (χ0n) is 14.4. The van der Waals surface area contributed by atoms with Gasteiger partial charge in [-0.15, -0.1) is 0 Å². The number of aromatic nitrogens is 2. The van der Waals surface area contributed by atoms with Crippen molar-refractivity contribution in [2.45, 2.75) is 13.0 Å². The maximum absolute atomic E-state index is 4.83. The van der Waals surface area contributed by atoms with Crippen molar-refractivity contribution in [2.24, 2.45) is 0 Å². The first-order valence-corrected chi connectivity index (χ1v) is 9.34. The molecule has 3 nitrogen and oxygen atoms in total. The van der Waals surface area contributed by atoms with Gasteiger partial charge in [0.1, 0.15) is 5.82 Å². The number of halogens is 1. The first-order valence-electron chi connectivity index (χ1n) is 8.55. The molecule has 0 aliphatic carbocycles. The molecule has 0 aliphatic rings. The minimum absolute atomic E-state index is 0.143. The number of hydrogen-bond donors (Lipinski definition) is 1. The quantitative estimate of drug-likeness (QED) is 0.438. The van der Waals surface area contributed by atoms with Gasteiger partial charge in [-0.25, -0.2) is 9.97 Å². The number of anilines is 1. The molecular formula is C22H18BrN3. The summed E-state index contributed by atoms with van der Waals surface area (Å²) in [6.07, 6.45) is 0. The van der Waals surface area contributed by atoms with Crippen LogP contribution in [0.3, 0.4) is 0 Å². The maximum atomic E-state index is 4.83. The fraction of sp³-hybridized carbons (Fsp3) is 0.0909. The van der Waals surface area contributed by atoms with Crippen LogP contribution in [0.5, 0.6) is 0 Å². The van der Waals surface area contributed by atoms with E-state index in [4.69, 9.17) is 9.97 Å². The molecule has 0 fully saturated rings. The monoisotopic (exact) mass is 403 g/mol. The van der Waals surface area contributed by atoms with Crippen LogP contribution < -0.4 is 5.32 Å². The Balaban J connectivity index is 1.80. The molecule has 0 spiro atoms. The summed E-state index contributed by atoms with van der Waals surface area (Å²) in [7, 11) is 0. The van der Waals surface area contributed by atoms with Crippen molar-refractivity contribution in [2.75, 3.05) is 5.32 Å². The second-order valence-electron chi connectivity index (χ2n) is 6.20. The molecule has 128 valence electrons. The molecule has 0 amide bonds. The highest BCUT2D eigenvalue weighted by Gasteiger charge is 2.12. The molecule has 1 unspecified atom stereocenters. The van der Waals surface area contributed by atoms with Gasteiger partial charge in [0.2, 0.25) is 0 Å². The minimum Gasteiger partial charge on any atom is -0.363 e. The summed E-state index contributed by atoms with van der Waals surface area (Å²) in [5.41, 5.74) is 3.14. The third-order valence-corrected chi connectivity index (χ3v) is 4.83. The number of hydrogen-bond acceptors (Lipinski definition) is 3. The molecule has 4 heteroatoms. The third-order valence-electron chi connectivity index (χ3n) is 4.34. The predicted molar refractivity (Wildman–Crippen MR) is 111 cm³/mol. The topological polar surface area (TPSA) is 37.8 Å². The molecular weight excluding hydrogens is 386 g/mol. The summed E-state index contributed by atoms with van der Waals surface area (Å²) in [5.74, 6) is 1.56. The van der Waals surface area contributed by atoms with E-state index in [2.05, 4.69) is 58.5 Å². The number of nitrogens with one attached hydrogen (secondary N) is 1. The van der Waals surface area contributed by atoms with Crippen molar-refractivity contribution in [3.63, 3.8) is 0 Å². The summed E-state index contributed by atoms with van der Waals surface area (Å²) >= 11 is 3.53. The summed E-state index contributed by atoms with van der Waals surface area (Å²) < 4.78 is 1.01. The summed E-state index contributed by atoms with van der Waals surface area (Å²) in [5, 5.41) is 4.59. The van der Waals surface area contributed by atoms with E-state index < -0.39 is 0 Å². The van der Waals surface area contributed by atoms with E-state index in [1.807, 2.05) is 48.5 Å². The second-order valence-corrected chi connectivity index (χ2v) is 7.12. The number of nitrogens with zero attached hydrogens (tertiary/aromatic N) is 2. The average Bonchev–Trinajstić information content (AvgIpc) is 2.68. The van der Waals surface area contributed by atoms with Crippen LogP contribution in [0.15, 0.2) is 83.3 Å². The zero-order chi connectivity index (χ0) is 17.9. The van der Waals surface area contributed by atoms with E-state index in [0.29, 0.717) is 5.82 Å². The van der Waals surface area contributed by atoms with E-state index in [9.17, 15) is 0 Å². The van der Waals surface area contributed by atoms with Gasteiger partial charge in [-0.1, -0.05) is 70.5 Å². The molecule has 26 heavy (non-hydrogen) atoms. The van der Waals surface area contributed by atoms with Gasteiger partial charge < -0.3 is 5.32 Å². The SMILES string of the molecule is CC(Nc1nc(-c2cccc(Br)c2)nc2ccccc12)c1ccccc1. The van der Waals surface area contributed by atoms with Gasteiger partial charge in [0.25, 0.3) is 0 Å². The average molecular weight is 404 g/mol. The Morgan fingerprint density at radius 1 is 0.846 bits per heavy atom. The Labute approximate surface area is 161 Å². The Morgan fingerprint density at radius 3 is 2.42 bits per heavy atom. The standard InChI is InChI=1S/C22H18BrN3/c1-15(16-8-3-2-4-9-16)24-22-19-12-5-6-13-20(19)25-21(26-22)17-10-7-11-18(23)14-17/h2-15H,1H3,(H,24,25,26). The van der Waals surface area contributed by atoms with Crippen LogP contribution in [0.1, 0.15) is 18.5 Å². The first kappa shape index (κ1) is 16.7. The summed E-state index contributed by atoms with van der Waals surface area (Å²) in [6.45, 7) is 2.14. The van der Waals surface area contributed by atoms with Crippen LogP contribution in [-0.2, 0) is 0 Å². The van der Waals surface area contributed by atoms with Crippen LogP contribution >= 0.6 is 15.9 Å². The fourth-order valence-electron chi connectivity index (χ4n) is 2.97. The Morgan fingerprint density at radius 2 is 1.62 bits per heavy atom. The van der Waals surface area contributed by atoms with E-state index >= 15 is 0 Å². The molecule has 0 radical (unpaired) electrons. The van der Waals surface area contributed by atoms with Gasteiger partial charge in [-0.2, -0.15) is 0 Å². The molecule has 0 saturated heterocycles. The lowest BCUT2D eigenvalue weighted by Gasteiger charge is -2.17. The van der Waals surface area contributed by atoms with Crippen molar-refractivity contribution in [3.05, 3.63) is 88.9 Å². The second kappa shape index (κ2) is 7.26. The van der Waals surface area contributed by atoms with Crippen LogP contribution in [-0.4, -0.2) is 9.97 Å². The molecule has 3 aromatic carbocycles. The molecule has 4 aromatic rings. The van der Waals surface area contributed by atoms with E-state index in [1.165, 1.54) is 5.56 Å². The Hall–Kier alpha value is -2.72.